The monoisotopic (exact) mass is 482 g/mol. The molecule has 2 unspecified atom stereocenters. The third-order valence-corrected chi connectivity index (χ3v) is 9.06. The van der Waals surface area contributed by atoms with Gasteiger partial charge in [-0.3, -0.25) is 9.62 Å². The lowest BCUT2D eigenvalue weighted by molar-refractivity contribution is 0.182. The summed E-state index contributed by atoms with van der Waals surface area (Å²) >= 11 is 1.27. The van der Waals surface area contributed by atoms with Crippen molar-refractivity contribution in [3.8, 4) is 11.3 Å². The molecule has 0 bridgehead atoms. The second kappa shape index (κ2) is 9.16. The molecule has 0 saturated heterocycles. The first-order valence-corrected chi connectivity index (χ1v) is 14.0. The van der Waals surface area contributed by atoms with E-state index in [9.17, 15) is 8.42 Å². The van der Waals surface area contributed by atoms with E-state index >= 15 is 0 Å². The summed E-state index contributed by atoms with van der Waals surface area (Å²) in [7, 11) is -3.68. The van der Waals surface area contributed by atoms with Gasteiger partial charge in [0.2, 0.25) is 0 Å². The van der Waals surface area contributed by atoms with E-state index in [2.05, 4.69) is 39.1 Å². The number of anilines is 1. The lowest BCUT2D eigenvalue weighted by Crippen LogP contribution is -2.29. The van der Waals surface area contributed by atoms with Crippen LogP contribution in [0.15, 0.2) is 52.7 Å². The topological polar surface area (TPSA) is 75.2 Å². The maximum absolute atomic E-state index is 13.1. The van der Waals surface area contributed by atoms with E-state index in [1.54, 1.807) is 24.3 Å². The molecule has 33 heavy (non-hydrogen) atoms. The molecule has 0 radical (unpaired) electrons. The Morgan fingerprint density at radius 2 is 1.97 bits per heavy atom. The van der Waals surface area contributed by atoms with Gasteiger partial charge in [0.05, 0.1) is 10.6 Å². The molecular formula is C25H30N4O2S2. The summed E-state index contributed by atoms with van der Waals surface area (Å²) in [6.07, 6.45) is 5.26. The van der Waals surface area contributed by atoms with Gasteiger partial charge in [-0.25, -0.2) is 8.42 Å². The molecule has 3 aromatic rings. The molecule has 3 atom stereocenters. The smallest absolute Gasteiger partial charge is 0.261 e. The van der Waals surface area contributed by atoms with Crippen LogP contribution in [-0.4, -0.2) is 28.9 Å². The molecule has 6 nitrogen and oxygen atoms in total. The molecule has 8 heteroatoms. The lowest BCUT2D eigenvalue weighted by atomic mass is 9.97. The Labute approximate surface area is 200 Å². The molecule has 1 aromatic heterocycles. The van der Waals surface area contributed by atoms with Gasteiger partial charge in [-0.2, -0.15) is 0 Å². The Balaban J connectivity index is 1.29. The fourth-order valence-corrected chi connectivity index (χ4v) is 6.88. The Hall–Kier alpha value is -2.29. The molecule has 0 amide bonds. The van der Waals surface area contributed by atoms with E-state index in [0.717, 1.165) is 41.7 Å². The highest BCUT2D eigenvalue weighted by Crippen LogP contribution is 2.37. The molecule has 1 aliphatic carbocycles. The normalized spacial score (nSPS) is 21.8. The van der Waals surface area contributed by atoms with Gasteiger partial charge in [0.1, 0.15) is 5.69 Å². The number of fused-ring (bicyclic) bond motifs is 1. The second-order valence-electron chi connectivity index (χ2n) is 9.64. The highest BCUT2D eigenvalue weighted by atomic mass is 32.2. The summed E-state index contributed by atoms with van der Waals surface area (Å²) in [5.41, 5.74) is 4.60. The molecule has 1 N–H and O–H groups in total. The number of aromatic nitrogens is 2. The van der Waals surface area contributed by atoms with Crippen LogP contribution in [0.25, 0.3) is 11.3 Å². The maximum Gasteiger partial charge on any atom is 0.261 e. The van der Waals surface area contributed by atoms with Gasteiger partial charge >= 0.3 is 0 Å². The van der Waals surface area contributed by atoms with Crippen molar-refractivity contribution in [2.45, 2.75) is 63.6 Å². The summed E-state index contributed by atoms with van der Waals surface area (Å²) < 4.78 is 33.0. The Morgan fingerprint density at radius 3 is 2.67 bits per heavy atom. The number of hydrogen-bond donors (Lipinski definition) is 1. The van der Waals surface area contributed by atoms with Crippen LogP contribution in [-0.2, 0) is 23.1 Å². The minimum atomic E-state index is -3.68. The molecule has 2 heterocycles. The van der Waals surface area contributed by atoms with Gasteiger partial charge in [0, 0.05) is 30.1 Å². The van der Waals surface area contributed by atoms with Crippen LogP contribution in [0.1, 0.15) is 50.7 Å². The zero-order valence-electron chi connectivity index (χ0n) is 19.1. The Bertz CT molecular complexity index is 1210. The predicted octanol–water partition coefficient (Wildman–Crippen LogP) is 5.54. The Morgan fingerprint density at radius 1 is 1.15 bits per heavy atom. The fraction of sp³-hybridized carbons (Fsp3) is 0.440. The van der Waals surface area contributed by atoms with Crippen LogP contribution in [0.4, 0.5) is 5.69 Å². The highest BCUT2D eigenvalue weighted by molar-refractivity contribution is 7.92. The third kappa shape index (κ3) is 4.83. The predicted molar refractivity (Wildman–Crippen MR) is 132 cm³/mol. The van der Waals surface area contributed by atoms with Crippen molar-refractivity contribution < 1.29 is 8.42 Å². The number of nitrogens with one attached hydrogen (secondary N) is 1. The van der Waals surface area contributed by atoms with Gasteiger partial charge in [0.15, 0.2) is 0 Å². The van der Waals surface area contributed by atoms with Crippen molar-refractivity contribution in [1.82, 2.24) is 14.5 Å². The van der Waals surface area contributed by atoms with Crippen molar-refractivity contribution in [3.63, 3.8) is 0 Å². The zero-order chi connectivity index (χ0) is 23.0. The second-order valence-corrected chi connectivity index (χ2v) is 11.9. The summed E-state index contributed by atoms with van der Waals surface area (Å²) in [5, 5.41) is 5.88. The number of hydrogen-bond acceptors (Lipinski definition) is 6. The Kier molecular flexibility index (Phi) is 6.24. The first kappa shape index (κ1) is 22.5. The molecular weight excluding hydrogens is 452 g/mol. The first-order valence-electron chi connectivity index (χ1n) is 11.6. The summed E-state index contributed by atoms with van der Waals surface area (Å²) in [6, 6.07) is 13.2. The van der Waals surface area contributed by atoms with Gasteiger partial charge in [-0.15, -0.1) is 5.10 Å². The van der Waals surface area contributed by atoms with E-state index < -0.39 is 10.0 Å². The van der Waals surface area contributed by atoms with Crippen molar-refractivity contribution in [2.75, 3.05) is 4.72 Å². The van der Waals surface area contributed by atoms with Gasteiger partial charge < -0.3 is 0 Å². The fourth-order valence-electron chi connectivity index (χ4n) is 5.32. The molecule has 2 aromatic carbocycles. The van der Waals surface area contributed by atoms with Gasteiger partial charge in [-0.05, 0) is 72.5 Å². The average molecular weight is 483 g/mol. The molecule has 1 fully saturated rings. The van der Waals surface area contributed by atoms with Crippen LogP contribution in [0, 0.1) is 11.8 Å². The minimum Gasteiger partial charge on any atom is -0.292 e. The summed E-state index contributed by atoms with van der Waals surface area (Å²) in [6.45, 7) is 6.34. The quantitative estimate of drug-likeness (QED) is 0.479. The van der Waals surface area contributed by atoms with Crippen LogP contribution < -0.4 is 4.72 Å². The molecule has 2 aliphatic rings. The third-order valence-electron chi connectivity index (χ3n) is 7.17. The van der Waals surface area contributed by atoms with Crippen molar-refractivity contribution >= 4 is 27.2 Å². The summed E-state index contributed by atoms with van der Waals surface area (Å²) in [5.74, 6) is 1.67. The number of benzene rings is 2. The van der Waals surface area contributed by atoms with Crippen LogP contribution in [0.5, 0.6) is 0 Å². The van der Waals surface area contributed by atoms with E-state index in [-0.39, 0.29) is 4.90 Å². The standard InChI is InChI=1S/C25H30N4O2S2/c1-17-6-7-19(12-17)13-18(2)29-14-21-4-3-5-24(23(21)15-29)27-33(30,31)22-10-8-20(9-11-22)25-16-32-28-26-25/h3-5,8-11,16-19,27H,6-7,12-15H2,1-2H3/t17?,18-,19?/m0/s1. The van der Waals surface area contributed by atoms with Gasteiger partial charge in [-0.1, -0.05) is 48.5 Å². The average Bonchev–Trinajstić information content (AvgIpc) is 3.55. The van der Waals surface area contributed by atoms with Crippen LogP contribution in [0.3, 0.4) is 0 Å². The van der Waals surface area contributed by atoms with Gasteiger partial charge in [0.25, 0.3) is 10.0 Å². The summed E-state index contributed by atoms with van der Waals surface area (Å²) in [4.78, 5) is 2.73. The molecule has 1 saturated carbocycles. The van der Waals surface area contributed by atoms with E-state index in [4.69, 9.17) is 0 Å². The molecule has 1 aliphatic heterocycles. The largest absolute Gasteiger partial charge is 0.292 e. The molecule has 5 rings (SSSR count). The zero-order valence-corrected chi connectivity index (χ0v) is 20.7. The SMILES string of the molecule is CC1CCC(C[C@H](C)N2Cc3cccc(NS(=O)(=O)c4ccc(-c5csnn5)cc4)c3C2)C1. The van der Waals surface area contributed by atoms with Crippen LogP contribution in [0.2, 0.25) is 0 Å². The van der Waals surface area contributed by atoms with E-state index in [0.29, 0.717) is 11.7 Å². The number of nitrogens with zero attached hydrogens (tertiary/aromatic N) is 3. The lowest BCUT2D eigenvalue weighted by Gasteiger charge is -2.26. The number of sulfonamides is 1. The van der Waals surface area contributed by atoms with Crippen molar-refractivity contribution in [2.24, 2.45) is 11.8 Å². The molecule has 174 valence electrons. The van der Waals surface area contributed by atoms with E-state index in [1.165, 1.54) is 42.8 Å². The van der Waals surface area contributed by atoms with Crippen LogP contribution >= 0.6 is 11.5 Å². The van der Waals surface area contributed by atoms with Crippen molar-refractivity contribution in [1.29, 1.82) is 0 Å². The van der Waals surface area contributed by atoms with E-state index in [1.807, 2.05) is 17.5 Å². The first-order chi connectivity index (χ1) is 15.9. The van der Waals surface area contributed by atoms with Crippen molar-refractivity contribution in [3.05, 3.63) is 59.0 Å². The highest BCUT2D eigenvalue weighted by Gasteiger charge is 2.30. The minimum absolute atomic E-state index is 0.241. The number of rotatable bonds is 7. The maximum atomic E-state index is 13.1. The molecule has 0 spiro atoms.